The zero-order valence-electron chi connectivity index (χ0n) is 9.24. The van der Waals surface area contributed by atoms with Gasteiger partial charge in [-0.25, -0.2) is 13.2 Å². The fourth-order valence-corrected chi connectivity index (χ4v) is 4.02. The van der Waals surface area contributed by atoms with E-state index in [1.54, 1.807) is 18.2 Å². The Balaban J connectivity index is 2.25. The molecule has 0 aliphatic carbocycles. The van der Waals surface area contributed by atoms with Crippen LogP contribution in [0.2, 0.25) is 0 Å². The van der Waals surface area contributed by atoms with Gasteiger partial charge in [0.2, 0.25) is 0 Å². The molecule has 0 aliphatic rings. The van der Waals surface area contributed by atoms with Crippen molar-refractivity contribution in [2.45, 2.75) is 10.6 Å². The van der Waals surface area contributed by atoms with E-state index in [0.29, 0.717) is 4.88 Å². The number of hydrogen-bond acceptors (Lipinski definition) is 4. The Bertz CT molecular complexity index is 656. The molecule has 1 heterocycles. The molecule has 2 rings (SSSR count). The zero-order chi connectivity index (χ0) is 13.2. The summed E-state index contributed by atoms with van der Waals surface area (Å²) >= 11 is 0.984. The van der Waals surface area contributed by atoms with Crippen molar-refractivity contribution in [3.8, 4) is 0 Å². The second kappa shape index (κ2) is 4.91. The van der Waals surface area contributed by atoms with Gasteiger partial charge in [-0.05, 0) is 24.3 Å². The van der Waals surface area contributed by atoms with E-state index in [1.165, 1.54) is 24.3 Å². The van der Waals surface area contributed by atoms with Gasteiger partial charge in [0.15, 0.2) is 9.84 Å². The molecule has 1 aromatic carbocycles. The third-order valence-corrected chi connectivity index (χ3v) is 5.24. The number of carboxylic acids is 1. The highest BCUT2D eigenvalue weighted by molar-refractivity contribution is 7.90. The molecule has 6 heteroatoms. The van der Waals surface area contributed by atoms with Crippen molar-refractivity contribution in [2.24, 2.45) is 0 Å². The molecule has 18 heavy (non-hydrogen) atoms. The largest absolute Gasteiger partial charge is 0.477 e. The van der Waals surface area contributed by atoms with Gasteiger partial charge in [0.05, 0.1) is 10.6 Å². The van der Waals surface area contributed by atoms with E-state index in [0.717, 1.165) is 11.3 Å². The number of aromatic carboxylic acids is 1. The maximum atomic E-state index is 12.0. The van der Waals surface area contributed by atoms with Gasteiger partial charge >= 0.3 is 5.97 Å². The first-order chi connectivity index (χ1) is 8.49. The van der Waals surface area contributed by atoms with Gasteiger partial charge in [-0.1, -0.05) is 18.2 Å². The van der Waals surface area contributed by atoms with Gasteiger partial charge in [0.25, 0.3) is 0 Å². The van der Waals surface area contributed by atoms with Crippen LogP contribution in [-0.4, -0.2) is 19.5 Å². The highest BCUT2D eigenvalue weighted by Crippen LogP contribution is 2.22. The van der Waals surface area contributed by atoms with Crippen LogP contribution in [0.15, 0.2) is 47.4 Å². The van der Waals surface area contributed by atoms with E-state index in [1.807, 2.05) is 0 Å². The normalized spacial score (nSPS) is 11.3. The summed E-state index contributed by atoms with van der Waals surface area (Å²) in [6.07, 6.45) is 0. The summed E-state index contributed by atoms with van der Waals surface area (Å²) in [6.45, 7) is 0. The lowest BCUT2D eigenvalue weighted by atomic mass is 10.4. The lowest BCUT2D eigenvalue weighted by Gasteiger charge is -2.01. The first kappa shape index (κ1) is 12.8. The first-order valence-electron chi connectivity index (χ1n) is 5.09. The Labute approximate surface area is 108 Å². The third-order valence-electron chi connectivity index (χ3n) is 2.31. The lowest BCUT2D eigenvalue weighted by Crippen LogP contribution is -2.03. The van der Waals surface area contributed by atoms with Crippen molar-refractivity contribution >= 4 is 27.1 Å². The SMILES string of the molecule is O=C(O)c1ccc(CS(=O)(=O)c2ccccc2)s1. The number of thiophene rings is 1. The zero-order valence-corrected chi connectivity index (χ0v) is 10.9. The van der Waals surface area contributed by atoms with Crippen molar-refractivity contribution in [3.05, 3.63) is 52.2 Å². The molecular formula is C12H10O4S2. The molecule has 0 unspecified atom stereocenters. The van der Waals surface area contributed by atoms with Gasteiger partial charge in [-0.15, -0.1) is 11.3 Å². The second-order valence-electron chi connectivity index (χ2n) is 3.64. The van der Waals surface area contributed by atoms with Crippen LogP contribution < -0.4 is 0 Å². The molecule has 2 aromatic rings. The quantitative estimate of drug-likeness (QED) is 0.934. The van der Waals surface area contributed by atoms with Gasteiger partial charge < -0.3 is 5.11 Å². The second-order valence-corrected chi connectivity index (χ2v) is 6.80. The standard InChI is InChI=1S/C12H10O4S2/c13-12(14)11-7-6-9(17-11)8-18(15,16)10-4-2-1-3-5-10/h1-7H,8H2,(H,13,14). The summed E-state index contributed by atoms with van der Waals surface area (Å²) in [5.74, 6) is -1.21. The molecule has 0 saturated heterocycles. The smallest absolute Gasteiger partial charge is 0.345 e. The maximum absolute atomic E-state index is 12.0. The minimum atomic E-state index is -3.41. The van der Waals surface area contributed by atoms with Crippen LogP contribution in [0.3, 0.4) is 0 Å². The van der Waals surface area contributed by atoms with E-state index in [9.17, 15) is 13.2 Å². The Hall–Kier alpha value is -1.66. The molecular weight excluding hydrogens is 272 g/mol. The van der Waals surface area contributed by atoms with Crippen LogP contribution in [0.4, 0.5) is 0 Å². The predicted molar refractivity (Wildman–Crippen MR) is 68.6 cm³/mol. The Morgan fingerprint density at radius 1 is 1.11 bits per heavy atom. The monoisotopic (exact) mass is 282 g/mol. The van der Waals surface area contributed by atoms with E-state index >= 15 is 0 Å². The summed E-state index contributed by atoms with van der Waals surface area (Å²) in [6, 6.07) is 11.1. The summed E-state index contributed by atoms with van der Waals surface area (Å²) < 4.78 is 24.1. The number of benzene rings is 1. The minimum Gasteiger partial charge on any atom is -0.477 e. The van der Waals surface area contributed by atoms with Gasteiger partial charge in [0.1, 0.15) is 4.88 Å². The molecule has 0 spiro atoms. The average Bonchev–Trinajstić information content (AvgIpc) is 2.78. The molecule has 0 bridgehead atoms. The summed E-state index contributed by atoms with van der Waals surface area (Å²) in [4.78, 5) is 11.6. The summed E-state index contributed by atoms with van der Waals surface area (Å²) in [5.41, 5.74) is 0. The number of carboxylic acid groups (broad SMARTS) is 1. The number of hydrogen-bond donors (Lipinski definition) is 1. The highest BCUT2D eigenvalue weighted by atomic mass is 32.2. The third kappa shape index (κ3) is 2.77. The van der Waals surface area contributed by atoms with Gasteiger partial charge in [-0.3, -0.25) is 0 Å². The van der Waals surface area contributed by atoms with Crippen LogP contribution in [0.5, 0.6) is 0 Å². The molecule has 0 saturated carbocycles. The molecule has 0 aliphatic heterocycles. The van der Waals surface area contributed by atoms with Crippen LogP contribution in [0, 0.1) is 0 Å². The van der Waals surface area contributed by atoms with E-state index in [4.69, 9.17) is 5.11 Å². The molecule has 1 aromatic heterocycles. The lowest BCUT2D eigenvalue weighted by molar-refractivity contribution is 0.0702. The summed E-state index contributed by atoms with van der Waals surface area (Å²) in [5, 5.41) is 8.77. The molecule has 0 atom stereocenters. The molecule has 1 N–H and O–H groups in total. The van der Waals surface area contributed by atoms with Crippen molar-refractivity contribution in [2.75, 3.05) is 0 Å². The number of carbonyl (C=O) groups is 1. The van der Waals surface area contributed by atoms with Crippen LogP contribution in [-0.2, 0) is 15.6 Å². The van der Waals surface area contributed by atoms with E-state index < -0.39 is 15.8 Å². The van der Waals surface area contributed by atoms with Crippen molar-refractivity contribution < 1.29 is 18.3 Å². The number of rotatable bonds is 4. The Morgan fingerprint density at radius 3 is 2.33 bits per heavy atom. The maximum Gasteiger partial charge on any atom is 0.345 e. The average molecular weight is 282 g/mol. The highest BCUT2D eigenvalue weighted by Gasteiger charge is 2.17. The molecule has 94 valence electrons. The Kier molecular flexibility index (Phi) is 3.49. The Morgan fingerprint density at radius 2 is 1.78 bits per heavy atom. The van der Waals surface area contributed by atoms with Crippen LogP contribution in [0.1, 0.15) is 14.5 Å². The summed E-state index contributed by atoms with van der Waals surface area (Å²) in [7, 11) is -3.41. The van der Waals surface area contributed by atoms with Gasteiger partial charge in [0, 0.05) is 4.88 Å². The van der Waals surface area contributed by atoms with E-state index in [2.05, 4.69) is 0 Å². The topological polar surface area (TPSA) is 71.4 Å². The van der Waals surface area contributed by atoms with Crippen molar-refractivity contribution in [1.29, 1.82) is 0 Å². The molecule has 4 nitrogen and oxygen atoms in total. The minimum absolute atomic E-state index is 0.147. The van der Waals surface area contributed by atoms with Crippen molar-refractivity contribution in [1.82, 2.24) is 0 Å². The van der Waals surface area contributed by atoms with Gasteiger partial charge in [-0.2, -0.15) is 0 Å². The molecule has 0 radical (unpaired) electrons. The van der Waals surface area contributed by atoms with Crippen molar-refractivity contribution in [3.63, 3.8) is 0 Å². The first-order valence-corrected chi connectivity index (χ1v) is 7.56. The fourth-order valence-electron chi connectivity index (χ4n) is 1.47. The molecule has 0 amide bonds. The van der Waals surface area contributed by atoms with Crippen LogP contribution in [0.25, 0.3) is 0 Å². The fraction of sp³-hybridized carbons (Fsp3) is 0.0833. The van der Waals surface area contributed by atoms with Crippen LogP contribution >= 0.6 is 11.3 Å². The van der Waals surface area contributed by atoms with E-state index in [-0.39, 0.29) is 15.5 Å². The molecule has 0 fully saturated rings. The number of sulfone groups is 1. The predicted octanol–water partition coefficient (Wildman–Crippen LogP) is 2.42.